The van der Waals surface area contributed by atoms with Crippen LogP contribution >= 0.6 is 0 Å². The number of hydrogen-bond donors (Lipinski definition) is 0. The van der Waals surface area contributed by atoms with Crippen molar-refractivity contribution >= 4 is 0 Å². The zero-order chi connectivity index (χ0) is 11.1. The van der Waals surface area contributed by atoms with Crippen LogP contribution in [0.2, 0.25) is 0 Å². The van der Waals surface area contributed by atoms with E-state index in [2.05, 4.69) is 72.3 Å². The first-order valence-electron chi connectivity index (χ1n) is 5.40. The molecule has 15 heavy (non-hydrogen) atoms. The van der Waals surface area contributed by atoms with E-state index in [1.54, 1.807) is 0 Å². The van der Waals surface area contributed by atoms with Crippen LogP contribution in [0, 0.1) is 0 Å². The Morgan fingerprint density at radius 2 is 0.867 bits per heavy atom. The Hall–Kier alpha value is -1.38. The molecule has 0 bridgehead atoms. The smallest absolute Gasteiger partial charge is 0.0925 e. The van der Waals surface area contributed by atoms with Crippen LogP contribution in [0.15, 0.2) is 36.8 Å². The van der Waals surface area contributed by atoms with Crippen LogP contribution in [0.5, 0.6) is 0 Å². The molecule has 1 saturated heterocycles. The Balaban J connectivity index is 2.63. The normalized spacial score (nSPS) is 19.0. The fraction of sp³-hybridized carbons (Fsp3) is 0.500. The van der Waals surface area contributed by atoms with Crippen LogP contribution in [0.1, 0.15) is 20.8 Å². The van der Waals surface area contributed by atoms with Gasteiger partial charge in [0.15, 0.2) is 0 Å². The summed E-state index contributed by atoms with van der Waals surface area (Å²) < 4.78 is 0. The van der Waals surface area contributed by atoms with Gasteiger partial charge in [0.05, 0.1) is 20.0 Å². The van der Waals surface area contributed by atoms with Crippen LogP contribution < -0.4 is 0 Å². The van der Waals surface area contributed by atoms with Gasteiger partial charge in [-0.1, -0.05) is 18.2 Å². The lowest BCUT2D eigenvalue weighted by Gasteiger charge is -2.41. The molecule has 0 saturated carbocycles. The van der Waals surface area contributed by atoms with Gasteiger partial charge in [-0.05, 0) is 39.4 Å². The van der Waals surface area contributed by atoms with Gasteiger partial charge in [-0.15, -0.1) is 0 Å². The maximum absolute atomic E-state index is 2.28. The molecule has 0 aliphatic carbocycles. The highest BCUT2D eigenvalue weighted by Gasteiger charge is 2.15. The van der Waals surface area contributed by atoms with E-state index in [0.717, 1.165) is 20.0 Å². The molecule has 0 atom stereocenters. The molecule has 0 unspecified atom stereocenters. The van der Waals surface area contributed by atoms with Gasteiger partial charge < -0.3 is 14.7 Å². The van der Waals surface area contributed by atoms with E-state index in [4.69, 9.17) is 0 Å². The fourth-order valence-electron chi connectivity index (χ4n) is 1.75. The van der Waals surface area contributed by atoms with Gasteiger partial charge in [-0.2, -0.15) is 0 Å². The highest BCUT2D eigenvalue weighted by Crippen LogP contribution is 2.08. The van der Waals surface area contributed by atoms with E-state index in [9.17, 15) is 0 Å². The zero-order valence-electron chi connectivity index (χ0n) is 9.93. The van der Waals surface area contributed by atoms with Gasteiger partial charge in [0.2, 0.25) is 0 Å². The van der Waals surface area contributed by atoms with Crippen molar-refractivity contribution < 1.29 is 0 Å². The van der Waals surface area contributed by atoms with E-state index in [1.165, 1.54) is 0 Å². The van der Waals surface area contributed by atoms with Gasteiger partial charge in [-0.25, -0.2) is 0 Å². The van der Waals surface area contributed by atoms with Gasteiger partial charge in [0.1, 0.15) is 0 Å². The first-order chi connectivity index (χ1) is 7.30. The summed E-state index contributed by atoms with van der Waals surface area (Å²) in [6.07, 6.45) is 12.6. The zero-order valence-corrected chi connectivity index (χ0v) is 9.93. The molecule has 0 spiro atoms. The number of hydrogen-bond acceptors (Lipinski definition) is 3. The fourth-order valence-corrected chi connectivity index (χ4v) is 1.75. The standard InChI is InChI=1S/C12H21N3/c1-4-7-13-10-14(8-5-2)12-15(11-13)9-6-3/h4-9H,10-12H2,1-3H3. The summed E-state index contributed by atoms with van der Waals surface area (Å²) in [4.78, 5) is 6.84. The van der Waals surface area contributed by atoms with E-state index in [1.807, 2.05) is 0 Å². The summed E-state index contributed by atoms with van der Waals surface area (Å²) in [5, 5.41) is 0. The SMILES string of the molecule is CC=CN1CN(C=CC)CN(C=CC)C1. The molecular weight excluding hydrogens is 186 g/mol. The quantitative estimate of drug-likeness (QED) is 0.703. The molecule has 1 aliphatic rings. The van der Waals surface area contributed by atoms with E-state index in [0.29, 0.717) is 0 Å². The first kappa shape index (κ1) is 11.7. The van der Waals surface area contributed by atoms with Crippen molar-refractivity contribution in [1.82, 2.24) is 14.7 Å². The van der Waals surface area contributed by atoms with Gasteiger partial charge in [-0.3, -0.25) is 0 Å². The molecular formula is C12H21N3. The Bertz CT molecular complexity index is 207. The van der Waals surface area contributed by atoms with Gasteiger partial charge >= 0.3 is 0 Å². The summed E-state index contributed by atoms with van der Waals surface area (Å²) in [5.74, 6) is 0. The molecule has 1 aliphatic heterocycles. The third-order valence-corrected chi connectivity index (χ3v) is 2.17. The summed E-state index contributed by atoms with van der Waals surface area (Å²) in [6, 6.07) is 0. The van der Waals surface area contributed by atoms with Crippen LogP contribution in [0.4, 0.5) is 0 Å². The minimum absolute atomic E-state index is 0.961. The van der Waals surface area contributed by atoms with Crippen molar-refractivity contribution in [1.29, 1.82) is 0 Å². The van der Waals surface area contributed by atoms with E-state index < -0.39 is 0 Å². The minimum Gasteiger partial charge on any atom is -0.343 e. The highest BCUT2D eigenvalue weighted by molar-refractivity contribution is 4.90. The third kappa shape index (κ3) is 3.70. The second-order valence-corrected chi connectivity index (χ2v) is 3.64. The van der Waals surface area contributed by atoms with Gasteiger partial charge in [0.25, 0.3) is 0 Å². The lowest BCUT2D eigenvalue weighted by Crippen LogP contribution is -2.48. The Kier molecular flexibility index (Phi) is 4.81. The molecule has 1 heterocycles. The Labute approximate surface area is 93.0 Å². The minimum atomic E-state index is 0.961. The number of nitrogens with zero attached hydrogens (tertiary/aromatic N) is 3. The van der Waals surface area contributed by atoms with Crippen LogP contribution in [-0.2, 0) is 0 Å². The molecule has 3 heteroatoms. The summed E-state index contributed by atoms with van der Waals surface area (Å²) in [5.41, 5.74) is 0. The maximum atomic E-state index is 2.28. The van der Waals surface area contributed by atoms with E-state index >= 15 is 0 Å². The maximum Gasteiger partial charge on any atom is 0.0925 e. The van der Waals surface area contributed by atoms with Crippen molar-refractivity contribution in [2.75, 3.05) is 20.0 Å². The van der Waals surface area contributed by atoms with Crippen LogP contribution in [0.25, 0.3) is 0 Å². The van der Waals surface area contributed by atoms with E-state index in [-0.39, 0.29) is 0 Å². The van der Waals surface area contributed by atoms with Crippen LogP contribution in [-0.4, -0.2) is 34.7 Å². The average Bonchev–Trinajstić information content (AvgIpc) is 2.19. The summed E-state index contributed by atoms with van der Waals surface area (Å²) in [7, 11) is 0. The second kappa shape index (κ2) is 6.17. The monoisotopic (exact) mass is 207 g/mol. The number of allylic oxidation sites excluding steroid dienone is 3. The molecule has 1 fully saturated rings. The predicted octanol–water partition coefficient (Wildman–Crippen LogP) is 2.38. The van der Waals surface area contributed by atoms with Crippen molar-refractivity contribution in [2.24, 2.45) is 0 Å². The highest BCUT2D eigenvalue weighted by atomic mass is 15.5. The van der Waals surface area contributed by atoms with Crippen LogP contribution in [0.3, 0.4) is 0 Å². The largest absolute Gasteiger partial charge is 0.343 e. The predicted molar refractivity (Wildman–Crippen MR) is 64.6 cm³/mol. The van der Waals surface area contributed by atoms with Crippen molar-refractivity contribution in [3.8, 4) is 0 Å². The van der Waals surface area contributed by atoms with Crippen molar-refractivity contribution in [3.05, 3.63) is 36.8 Å². The molecule has 0 amide bonds. The average molecular weight is 207 g/mol. The molecule has 0 radical (unpaired) electrons. The third-order valence-electron chi connectivity index (χ3n) is 2.17. The summed E-state index contributed by atoms with van der Waals surface area (Å²) >= 11 is 0. The lowest BCUT2D eigenvalue weighted by atomic mass is 10.5. The second-order valence-electron chi connectivity index (χ2n) is 3.64. The molecule has 3 nitrogen and oxygen atoms in total. The van der Waals surface area contributed by atoms with Crippen molar-refractivity contribution in [2.45, 2.75) is 20.8 Å². The first-order valence-corrected chi connectivity index (χ1v) is 5.40. The molecule has 0 aromatic carbocycles. The summed E-state index contributed by atoms with van der Waals surface area (Å²) in [6.45, 7) is 9.03. The Morgan fingerprint density at radius 1 is 0.600 bits per heavy atom. The molecule has 0 aromatic rings. The molecule has 0 N–H and O–H groups in total. The Morgan fingerprint density at radius 3 is 1.07 bits per heavy atom. The topological polar surface area (TPSA) is 9.72 Å². The lowest BCUT2D eigenvalue weighted by molar-refractivity contribution is 0.0549. The van der Waals surface area contributed by atoms with Crippen molar-refractivity contribution in [3.63, 3.8) is 0 Å². The molecule has 1 rings (SSSR count). The molecule has 0 aromatic heterocycles. The van der Waals surface area contributed by atoms with Gasteiger partial charge in [0, 0.05) is 0 Å². The number of rotatable bonds is 3. The molecule has 84 valence electrons.